The third kappa shape index (κ3) is 8.54. The molecule has 0 saturated carbocycles. The number of hydrogen-bond acceptors (Lipinski definition) is 6. The first kappa shape index (κ1) is 38.1. The summed E-state index contributed by atoms with van der Waals surface area (Å²) in [7, 11) is -2.00. The fourth-order valence-corrected chi connectivity index (χ4v) is 11.3. The lowest BCUT2D eigenvalue weighted by atomic mass is 9.87. The molecule has 4 aromatic rings. The summed E-state index contributed by atoms with van der Waals surface area (Å²) in [4.78, 5) is 57.0. The molecular formula is C45H51N3O6Si. The molecule has 1 heterocycles. The van der Waals surface area contributed by atoms with E-state index >= 15 is 0 Å². The van der Waals surface area contributed by atoms with Crippen LogP contribution in [-0.2, 0) is 31.9 Å². The standard InChI is InChI=1S/C45H51N3O6Si/c1-45(2,3)54-43(51)31-23-21-29(22-24-31)25-39(47-44(52)53-26-37-35-18-10-8-16-33(35)34-17-9-11-19-36(34)37)42(50)48-28-55(4,5)27-40(48)41(49)46-38-20-12-14-30-13-6-7-15-32(30)38/h6-11,13,15-19,21-24,37-40H,12,14,20,25-28H2,1-5H3,(H,46,49)(H,47,52)/t38-,39?,40?/m1/s1. The summed E-state index contributed by atoms with van der Waals surface area (Å²) in [5, 5.41) is 6.21. The molecule has 9 nitrogen and oxygen atoms in total. The van der Waals surface area contributed by atoms with E-state index in [1.54, 1.807) is 29.2 Å². The average Bonchev–Trinajstić information content (AvgIpc) is 3.66. The maximum absolute atomic E-state index is 14.7. The summed E-state index contributed by atoms with van der Waals surface area (Å²) >= 11 is 0. The van der Waals surface area contributed by atoms with Gasteiger partial charge in [0.2, 0.25) is 11.8 Å². The van der Waals surface area contributed by atoms with E-state index in [1.165, 1.54) is 5.56 Å². The molecule has 0 radical (unpaired) electrons. The number of hydrogen-bond donors (Lipinski definition) is 2. The highest BCUT2D eigenvalue weighted by Gasteiger charge is 2.47. The predicted molar refractivity (Wildman–Crippen MR) is 215 cm³/mol. The molecule has 3 atom stereocenters. The third-order valence-electron chi connectivity index (χ3n) is 11.0. The van der Waals surface area contributed by atoms with Gasteiger partial charge in [0.15, 0.2) is 0 Å². The van der Waals surface area contributed by atoms with Gasteiger partial charge in [0, 0.05) is 18.5 Å². The second-order valence-corrected chi connectivity index (χ2v) is 22.0. The molecule has 1 saturated heterocycles. The van der Waals surface area contributed by atoms with Crippen LogP contribution in [0.1, 0.15) is 83.7 Å². The van der Waals surface area contributed by atoms with E-state index in [0.717, 1.165) is 52.6 Å². The second kappa shape index (κ2) is 15.5. The van der Waals surface area contributed by atoms with Crippen LogP contribution >= 0.6 is 0 Å². The summed E-state index contributed by atoms with van der Waals surface area (Å²) in [6, 6.07) is 30.2. The minimum absolute atomic E-state index is 0.100. The normalized spacial score (nSPS) is 19.0. The van der Waals surface area contributed by atoms with Crippen LogP contribution < -0.4 is 10.6 Å². The van der Waals surface area contributed by atoms with Crippen molar-refractivity contribution in [2.24, 2.45) is 0 Å². The van der Waals surface area contributed by atoms with Crippen molar-refractivity contribution in [3.63, 3.8) is 0 Å². The summed E-state index contributed by atoms with van der Waals surface area (Å²) in [5.74, 6) is -1.07. The number of carbonyl (C=O) groups excluding carboxylic acids is 4. The summed E-state index contributed by atoms with van der Waals surface area (Å²) < 4.78 is 11.5. The number of carbonyl (C=O) groups is 4. The monoisotopic (exact) mass is 757 g/mol. The van der Waals surface area contributed by atoms with Crippen LogP contribution in [-0.4, -0.2) is 67.3 Å². The molecule has 0 aromatic heterocycles. The van der Waals surface area contributed by atoms with Crippen LogP contribution in [0.2, 0.25) is 19.1 Å². The fraction of sp³-hybridized carbons (Fsp3) is 0.378. The van der Waals surface area contributed by atoms with Crippen molar-refractivity contribution in [2.45, 2.75) is 95.2 Å². The lowest BCUT2D eigenvalue weighted by molar-refractivity contribution is -0.139. The Labute approximate surface area is 324 Å². The quantitative estimate of drug-likeness (QED) is 0.133. The Morgan fingerprint density at radius 1 is 0.836 bits per heavy atom. The zero-order chi connectivity index (χ0) is 38.9. The molecule has 286 valence electrons. The zero-order valence-electron chi connectivity index (χ0n) is 32.4. The maximum Gasteiger partial charge on any atom is 0.407 e. The van der Waals surface area contributed by atoms with Gasteiger partial charge in [-0.15, -0.1) is 0 Å². The average molecular weight is 758 g/mol. The van der Waals surface area contributed by atoms with Gasteiger partial charge in [0.1, 0.15) is 24.3 Å². The van der Waals surface area contributed by atoms with Crippen LogP contribution in [0, 0.1) is 0 Å². The first-order valence-electron chi connectivity index (χ1n) is 19.4. The third-order valence-corrected chi connectivity index (χ3v) is 13.6. The minimum Gasteiger partial charge on any atom is -0.456 e. The number of fused-ring (bicyclic) bond motifs is 4. The molecule has 0 spiro atoms. The van der Waals surface area contributed by atoms with Crippen molar-refractivity contribution in [3.8, 4) is 11.1 Å². The highest BCUT2D eigenvalue weighted by Crippen LogP contribution is 2.44. The number of aryl methyl sites for hydroxylation is 1. The molecule has 2 N–H and O–H groups in total. The Morgan fingerprint density at radius 2 is 1.45 bits per heavy atom. The maximum atomic E-state index is 14.7. The Hall–Kier alpha value is -5.22. The van der Waals surface area contributed by atoms with Gasteiger partial charge < -0.3 is 25.0 Å². The zero-order valence-corrected chi connectivity index (χ0v) is 33.4. The van der Waals surface area contributed by atoms with Crippen LogP contribution in [0.4, 0.5) is 4.79 Å². The van der Waals surface area contributed by atoms with E-state index in [2.05, 4.69) is 60.1 Å². The van der Waals surface area contributed by atoms with E-state index in [4.69, 9.17) is 9.47 Å². The number of ether oxygens (including phenoxy) is 2. The summed E-state index contributed by atoms with van der Waals surface area (Å²) in [6.45, 7) is 9.93. The number of esters is 1. The van der Waals surface area contributed by atoms with Crippen LogP contribution in [0.15, 0.2) is 97.1 Å². The lowest BCUT2D eigenvalue weighted by Gasteiger charge is -2.32. The Balaban J connectivity index is 1.11. The Kier molecular flexibility index (Phi) is 10.7. The lowest BCUT2D eigenvalue weighted by Crippen LogP contribution is -2.55. The number of amides is 3. The number of benzene rings is 4. The Morgan fingerprint density at radius 3 is 2.11 bits per heavy atom. The molecule has 2 aliphatic carbocycles. The number of nitrogens with one attached hydrogen (secondary N) is 2. The van der Waals surface area contributed by atoms with Gasteiger partial charge in [-0.3, -0.25) is 9.59 Å². The number of nitrogens with zero attached hydrogens (tertiary/aromatic N) is 1. The molecule has 0 bridgehead atoms. The minimum atomic E-state index is -2.00. The van der Waals surface area contributed by atoms with Gasteiger partial charge in [-0.05, 0) is 97.2 Å². The highest BCUT2D eigenvalue weighted by molar-refractivity contribution is 6.79. The van der Waals surface area contributed by atoms with Crippen molar-refractivity contribution in [2.75, 3.05) is 12.8 Å². The highest BCUT2D eigenvalue weighted by atomic mass is 28.3. The first-order chi connectivity index (χ1) is 26.3. The van der Waals surface area contributed by atoms with Crippen LogP contribution in [0.3, 0.4) is 0 Å². The molecule has 10 heteroatoms. The van der Waals surface area contributed by atoms with Gasteiger partial charge in [0.05, 0.1) is 19.7 Å². The fourth-order valence-electron chi connectivity index (χ4n) is 8.44. The van der Waals surface area contributed by atoms with E-state index in [1.807, 2.05) is 57.2 Å². The molecule has 4 aromatic carbocycles. The van der Waals surface area contributed by atoms with Crippen molar-refractivity contribution >= 4 is 32.0 Å². The molecule has 1 aliphatic heterocycles. The van der Waals surface area contributed by atoms with E-state index in [0.29, 0.717) is 17.8 Å². The van der Waals surface area contributed by atoms with E-state index in [-0.39, 0.29) is 36.8 Å². The van der Waals surface area contributed by atoms with E-state index < -0.39 is 37.8 Å². The Bertz CT molecular complexity index is 2050. The van der Waals surface area contributed by atoms with Crippen LogP contribution in [0.5, 0.6) is 0 Å². The molecule has 3 amide bonds. The van der Waals surface area contributed by atoms with E-state index in [9.17, 15) is 19.2 Å². The first-order valence-corrected chi connectivity index (χ1v) is 22.8. The van der Waals surface area contributed by atoms with Crippen molar-refractivity contribution < 1.29 is 28.7 Å². The van der Waals surface area contributed by atoms with Crippen molar-refractivity contribution in [1.29, 1.82) is 0 Å². The van der Waals surface area contributed by atoms with Gasteiger partial charge >= 0.3 is 12.1 Å². The predicted octanol–water partition coefficient (Wildman–Crippen LogP) is 7.74. The molecule has 3 aliphatic rings. The van der Waals surface area contributed by atoms with Gasteiger partial charge in [-0.2, -0.15) is 0 Å². The van der Waals surface area contributed by atoms with Crippen LogP contribution in [0.25, 0.3) is 11.1 Å². The summed E-state index contributed by atoms with van der Waals surface area (Å²) in [6.07, 6.45) is 2.73. The van der Waals surface area contributed by atoms with Gasteiger partial charge in [0.25, 0.3) is 0 Å². The second-order valence-electron chi connectivity index (χ2n) is 16.9. The smallest absolute Gasteiger partial charge is 0.407 e. The summed E-state index contributed by atoms with van der Waals surface area (Å²) in [5.41, 5.74) is 7.29. The number of rotatable bonds is 9. The molecular weight excluding hydrogens is 707 g/mol. The van der Waals surface area contributed by atoms with Gasteiger partial charge in [-0.25, -0.2) is 9.59 Å². The molecule has 1 fully saturated rings. The molecule has 7 rings (SSSR count). The van der Waals surface area contributed by atoms with Crippen molar-refractivity contribution in [3.05, 3.63) is 130 Å². The van der Waals surface area contributed by atoms with Crippen molar-refractivity contribution in [1.82, 2.24) is 15.5 Å². The number of alkyl carbamates (subject to hydrolysis) is 1. The van der Waals surface area contributed by atoms with Gasteiger partial charge in [-0.1, -0.05) is 98.0 Å². The molecule has 55 heavy (non-hydrogen) atoms. The SMILES string of the molecule is CC(C)(C)OC(=O)c1ccc(CC(NC(=O)OCC2c3ccccc3-c3ccccc32)C(=O)N2C[Si](C)(C)CC2C(=O)N[C@@H]2CCCc3ccccc32)cc1. The topological polar surface area (TPSA) is 114 Å². The largest absolute Gasteiger partial charge is 0.456 e. The molecule has 2 unspecified atom stereocenters.